The van der Waals surface area contributed by atoms with Crippen LogP contribution in [0, 0.1) is 46.8 Å². The fraction of sp³-hybridized carbons (Fsp3) is 0.625. The molecule has 0 unspecified atom stereocenters. The molecule has 0 heterocycles. The van der Waals surface area contributed by atoms with E-state index >= 15 is 0 Å². The van der Waals surface area contributed by atoms with Crippen LogP contribution in [0.25, 0.3) is 0 Å². The number of carbonyl (C=O) groups is 1. The van der Waals surface area contributed by atoms with Gasteiger partial charge in [-0.25, -0.2) is 0 Å². The van der Waals surface area contributed by atoms with Crippen molar-refractivity contribution in [3.63, 3.8) is 0 Å². The molecular weight excluding hydrogens is 446 g/mol. The molecular formula is C32H43NO3. The molecule has 0 amide bonds. The number of hydrogen-bond donors (Lipinski definition) is 1. The van der Waals surface area contributed by atoms with Crippen LogP contribution in [0.15, 0.2) is 53.2 Å². The van der Waals surface area contributed by atoms with E-state index in [0.29, 0.717) is 43.0 Å². The number of aliphatic hydroxyl groups is 1. The number of hydrogen-bond acceptors (Lipinski definition) is 4. The Balaban J connectivity index is 1.38. The van der Waals surface area contributed by atoms with Gasteiger partial charge in [-0.3, -0.25) is 4.79 Å². The summed E-state index contributed by atoms with van der Waals surface area (Å²) in [5, 5.41) is 16.2. The van der Waals surface area contributed by atoms with E-state index < -0.39 is 6.10 Å². The van der Waals surface area contributed by atoms with Crippen LogP contribution in [0.5, 0.6) is 0 Å². The van der Waals surface area contributed by atoms with Crippen molar-refractivity contribution < 1.29 is 14.7 Å². The van der Waals surface area contributed by atoms with Crippen molar-refractivity contribution in [2.75, 3.05) is 0 Å². The van der Waals surface area contributed by atoms with Gasteiger partial charge in [-0.15, -0.1) is 0 Å². The number of nitrogens with zero attached hydrogens (tertiary/aromatic N) is 1. The van der Waals surface area contributed by atoms with Gasteiger partial charge in [-0.2, -0.15) is 0 Å². The first-order valence-corrected chi connectivity index (χ1v) is 13.9. The molecule has 0 bridgehead atoms. The minimum atomic E-state index is -0.417. The molecule has 4 nitrogen and oxygen atoms in total. The van der Waals surface area contributed by atoms with Gasteiger partial charge in [0.2, 0.25) is 0 Å². The van der Waals surface area contributed by atoms with Gasteiger partial charge in [0.25, 0.3) is 0 Å². The molecule has 194 valence electrons. The van der Waals surface area contributed by atoms with Crippen LogP contribution in [-0.2, 0) is 16.2 Å². The number of benzene rings is 1. The van der Waals surface area contributed by atoms with Gasteiger partial charge in [-0.05, 0) is 73.5 Å². The number of ketones is 1. The van der Waals surface area contributed by atoms with Crippen LogP contribution >= 0.6 is 0 Å². The number of Topliss-reactive ketones (excluding diaryl/α,β-unsaturated/α-hetero) is 1. The Bertz CT molecular complexity index is 1130. The summed E-state index contributed by atoms with van der Waals surface area (Å²) in [6.45, 7) is 13.6. The lowest BCUT2D eigenvalue weighted by molar-refractivity contribution is -0.155. The zero-order valence-electron chi connectivity index (χ0n) is 22.9. The van der Waals surface area contributed by atoms with Crippen molar-refractivity contribution in [1.29, 1.82) is 0 Å². The lowest BCUT2D eigenvalue weighted by Crippen LogP contribution is -2.58. The molecule has 0 aromatic heterocycles. The van der Waals surface area contributed by atoms with Crippen molar-refractivity contribution >= 4 is 11.5 Å². The lowest BCUT2D eigenvalue weighted by atomic mass is 9.44. The zero-order valence-corrected chi connectivity index (χ0v) is 22.9. The number of carbonyl (C=O) groups excluding carboxylic acids is 1. The van der Waals surface area contributed by atoms with E-state index in [1.165, 1.54) is 11.1 Å². The number of aryl methyl sites for hydroxylation is 1. The predicted molar refractivity (Wildman–Crippen MR) is 144 cm³/mol. The lowest BCUT2D eigenvalue weighted by Gasteiger charge is -2.60. The van der Waals surface area contributed by atoms with Gasteiger partial charge in [0.15, 0.2) is 0 Å². The number of fused-ring (bicyclic) bond motifs is 5. The molecule has 1 aromatic carbocycles. The van der Waals surface area contributed by atoms with Gasteiger partial charge in [0.1, 0.15) is 18.1 Å². The highest BCUT2D eigenvalue weighted by Gasteiger charge is 2.68. The molecule has 0 radical (unpaired) electrons. The third-order valence-corrected chi connectivity index (χ3v) is 11.1. The summed E-state index contributed by atoms with van der Waals surface area (Å²) in [6, 6.07) is 8.30. The largest absolute Gasteiger partial charge is 0.393 e. The summed E-state index contributed by atoms with van der Waals surface area (Å²) in [4.78, 5) is 19.0. The summed E-state index contributed by atoms with van der Waals surface area (Å²) < 4.78 is 0. The molecule has 3 fully saturated rings. The first-order chi connectivity index (χ1) is 17.0. The van der Waals surface area contributed by atoms with Gasteiger partial charge < -0.3 is 9.94 Å². The number of rotatable bonds is 5. The third kappa shape index (κ3) is 3.66. The second kappa shape index (κ2) is 8.97. The van der Waals surface area contributed by atoms with Crippen molar-refractivity contribution in [3.05, 3.63) is 59.2 Å². The molecule has 5 rings (SSSR count). The molecule has 8 atom stereocenters. The smallest absolute Gasteiger partial charge is 0.142 e. The van der Waals surface area contributed by atoms with Crippen LogP contribution in [0.3, 0.4) is 0 Å². The van der Waals surface area contributed by atoms with Gasteiger partial charge in [0.05, 0.1) is 6.10 Å². The number of oxime groups is 1. The van der Waals surface area contributed by atoms with E-state index in [-0.39, 0.29) is 22.2 Å². The number of allylic oxidation sites excluding steroid dienone is 4. The summed E-state index contributed by atoms with van der Waals surface area (Å²) in [7, 11) is 0. The van der Waals surface area contributed by atoms with E-state index in [1.807, 2.05) is 13.0 Å². The average molecular weight is 490 g/mol. The Hall–Kier alpha value is -2.20. The van der Waals surface area contributed by atoms with Crippen molar-refractivity contribution in [2.45, 2.75) is 86.4 Å². The van der Waals surface area contributed by atoms with Gasteiger partial charge >= 0.3 is 0 Å². The predicted octanol–water partition coefficient (Wildman–Crippen LogP) is 6.81. The van der Waals surface area contributed by atoms with Crippen LogP contribution in [0.1, 0.15) is 77.8 Å². The standard InChI is InChI=1S/C32H43NO3/c1-7-28(35)32(6)21(3)16-26-25-12-11-23-17-24(33-36-19-22-10-8-9-20(2)15-22)13-14-30(23,4)29(25)27(34)18-31(26,32)5/h8-10,13-15,17,21,25-27,29,34H,7,11-12,16,18-19H2,1-6H3/b33-24-/t21-,25+,26+,27+,29-,30+,31+,32-/m1/s1. The van der Waals surface area contributed by atoms with Crippen molar-refractivity contribution in [2.24, 2.45) is 45.1 Å². The fourth-order valence-electron chi connectivity index (χ4n) is 8.89. The molecule has 4 aliphatic rings. The molecule has 4 aliphatic carbocycles. The minimum Gasteiger partial charge on any atom is -0.393 e. The van der Waals surface area contributed by atoms with Crippen LogP contribution in [0.2, 0.25) is 0 Å². The Labute approximate surface area is 216 Å². The van der Waals surface area contributed by atoms with E-state index in [2.05, 4.69) is 76.2 Å². The highest BCUT2D eigenvalue weighted by atomic mass is 16.6. The summed E-state index contributed by atoms with van der Waals surface area (Å²) >= 11 is 0. The van der Waals surface area contributed by atoms with Crippen molar-refractivity contribution in [3.8, 4) is 0 Å². The Kier molecular flexibility index (Phi) is 6.34. The molecule has 0 aliphatic heterocycles. The van der Waals surface area contributed by atoms with E-state index in [0.717, 1.165) is 30.5 Å². The SMILES string of the molecule is CCC(=O)[C@@]1(C)[C@H](C)C[C@H]2[C@@H]3CCC4=C/C(=N\OCc5cccc(C)c5)C=C[C@]4(C)[C@H]3[C@@H](O)C[C@@]21C. The number of aliphatic hydroxyl groups excluding tert-OH is 1. The quantitative estimate of drug-likeness (QED) is 0.462. The highest BCUT2D eigenvalue weighted by molar-refractivity contribution is 6.05. The normalized spacial score (nSPS) is 42.4. The highest BCUT2D eigenvalue weighted by Crippen LogP contribution is 2.71. The van der Waals surface area contributed by atoms with E-state index in [4.69, 9.17) is 4.84 Å². The average Bonchev–Trinajstić information content (AvgIpc) is 3.04. The minimum absolute atomic E-state index is 0.147. The van der Waals surface area contributed by atoms with Crippen LogP contribution in [-0.4, -0.2) is 22.7 Å². The third-order valence-electron chi connectivity index (χ3n) is 11.1. The molecule has 4 heteroatoms. The molecule has 36 heavy (non-hydrogen) atoms. The maximum atomic E-state index is 13.3. The van der Waals surface area contributed by atoms with E-state index in [9.17, 15) is 9.90 Å². The molecule has 3 saturated carbocycles. The Morgan fingerprint density at radius 2 is 2.03 bits per heavy atom. The van der Waals surface area contributed by atoms with Crippen LogP contribution in [0.4, 0.5) is 0 Å². The molecule has 0 saturated heterocycles. The maximum Gasteiger partial charge on any atom is 0.142 e. The maximum absolute atomic E-state index is 13.3. The molecule has 1 aromatic rings. The molecule has 0 spiro atoms. The second-order valence-corrected chi connectivity index (χ2v) is 12.7. The van der Waals surface area contributed by atoms with Crippen LogP contribution < -0.4 is 0 Å². The monoisotopic (exact) mass is 489 g/mol. The first kappa shape index (κ1) is 25.4. The van der Waals surface area contributed by atoms with Gasteiger partial charge in [0, 0.05) is 23.2 Å². The summed E-state index contributed by atoms with van der Waals surface area (Å²) in [5.74, 6) is 1.79. The van der Waals surface area contributed by atoms with Gasteiger partial charge in [-0.1, -0.05) is 81.3 Å². The topological polar surface area (TPSA) is 58.9 Å². The summed E-state index contributed by atoms with van der Waals surface area (Å²) in [5.41, 5.74) is 3.85. The first-order valence-electron chi connectivity index (χ1n) is 13.9. The van der Waals surface area contributed by atoms with Crippen molar-refractivity contribution in [1.82, 2.24) is 0 Å². The second-order valence-electron chi connectivity index (χ2n) is 12.7. The molecule has 1 N–H and O–H groups in total. The fourth-order valence-corrected chi connectivity index (χ4v) is 8.89. The summed E-state index contributed by atoms with van der Waals surface area (Å²) in [6.07, 6.45) is 10.6. The zero-order chi connectivity index (χ0) is 25.9. The van der Waals surface area contributed by atoms with E-state index in [1.54, 1.807) is 0 Å². The Morgan fingerprint density at radius 1 is 1.25 bits per heavy atom. The Morgan fingerprint density at radius 3 is 2.75 bits per heavy atom.